The molecule has 0 saturated heterocycles. The van der Waals surface area contributed by atoms with Gasteiger partial charge in [-0.15, -0.1) is 0 Å². The summed E-state index contributed by atoms with van der Waals surface area (Å²) in [6.07, 6.45) is 0. The Morgan fingerprint density at radius 3 is 2.15 bits per heavy atom. The van der Waals surface area contributed by atoms with E-state index in [-0.39, 0.29) is 18.0 Å². The number of benzene rings is 3. The fourth-order valence-corrected chi connectivity index (χ4v) is 3.13. The highest BCUT2D eigenvalue weighted by molar-refractivity contribution is 6.08. The first-order valence-corrected chi connectivity index (χ1v) is 8.04. The van der Waals surface area contributed by atoms with Gasteiger partial charge in [0.1, 0.15) is 12.3 Å². The Morgan fingerprint density at radius 1 is 0.923 bits per heavy atom. The van der Waals surface area contributed by atoms with E-state index in [4.69, 9.17) is 4.74 Å². The molecule has 0 aliphatic carbocycles. The van der Waals surface area contributed by atoms with E-state index in [0.29, 0.717) is 0 Å². The Morgan fingerprint density at radius 2 is 1.54 bits per heavy atom. The highest BCUT2D eigenvalue weighted by atomic mass is 16.6. The molecule has 0 bridgehead atoms. The molecule has 26 heavy (non-hydrogen) atoms. The number of hydrogen-bond acceptors (Lipinski definition) is 4. The molecule has 0 fully saturated rings. The van der Waals surface area contributed by atoms with Crippen LogP contribution in [0.3, 0.4) is 0 Å². The average Bonchev–Trinajstić information content (AvgIpc) is 2.96. The number of nitrogens with zero attached hydrogens (tertiary/aromatic N) is 2. The lowest BCUT2D eigenvalue weighted by atomic mass is 10.2. The number of nitro benzene ring substituents is 1. The van der Waals surface area contributed by atoms with Crippen molar-refractivity contribution in [2.45, 2.75) is 6.54 Å². The van der Waals surface area contributed by atoms with Crippen LogP contribution in [0.2, 0.25) is 0 Å². The van der Waals surface area contributed by atoms with E-state index >= 15 is 0 Å². The zero-order valence-corrected chi connectivity index (χ0v) is 13.7. The molecule has 0 radical (unpaired) electrons. The molecule has 0 amide bonds. The normalized spacial score (nSPS) is 10.9. The van der Waals surface area contributed by atoms with Crippen molar-refractivity contribution < 1.29 is 14.5 Å². The SMILES string of the molecule is O=C(Cn1c2ccccc2c2ccccc21)Oc1cccc([N+](=O)[O-])c1. The Kier molecular flexibility index (Phi) is 3.85. The third-order valence-corrected chi connectivity index (χ3v) is 4.23. The second-order valence-electron chi connectivity index (χ2n) is 5.85. The van der Waals surface area contributed by atoms with Gasteiger partial charge in [0.25, 0.3) is 5.69 Å². The van der Waals surface area contributed by atoms with Crippen LogP contribution >= 0.6 is 0 Å². The minimum atomic E-state index is -0.524. The molecule has 0 atom stereocenters. The summed E-state index contributed by atoms with van der Waals surface area (Å²) in [6.45, 7) is 0.0106. The Bertz CT molecular complexity index is 1090. The van der Waals surface area contributed by atoms with Crippen LogP contribution in [0.5, 0.6) is 5.75 Å². The molecular weight excluding hydrogens is 332 g/mol. The van der Waals surface area contributed by atoms with Crippen molar-refractivity contribution in [1.82, 2.24) is 4.57 Å². The van der Waals surface area contributed by atoms with Crippen molar-refractivity contribution in [3.63, 3.8) is 0 Å². The molecule has 0 saturated carbocycles. The summed E-state index contributed by atoms with van der Waals surface area (Å²) in [6, 6.07) is 21.3. The number of ether oxygens (including phenoxy) is 1. The van der Waals surface area contributed by atoms with Crippen LogP contribution in [0.15, 0.2) is 72.8 Å². The van der Waals surface area contributed by atoms with Crippen molar-refractivity contribution in [2.75, 3.05) is 0 Å². The van der Waals surface area contributed by atoms with E-state index in [1.165, 1.54) is 24.3 Å². The molecule has 1 aromatic heterocycles. The first-order chi connectivity index (χ1) is 12.6. The van der Waals surface area contributed by atoms with Crippen molar-refractivity contribution in [1.29, 1.82) is 0 Å². The monoisotopic (exact) mass is 346 g/mol. The molecule has 0 unspecified atom stereocenters. The summed E-state index contributed by atoms with van der Waals surface area (Å²) in [5, 5.41) is 13.0. The van der Waals surface area contributed by atoms with Gasteiger partial charge in [0.15, 0.2) is 0 Å². The standard InChI is InChI=1S/C20H14N2O4/c23-20(26-15-7-5-6-14(12-15)22(24)25)13-21-18-10-3-1-8-16(18)17-9-2-4-11-19(17)21/h1-12H,13H2. The van der Waals surface area contributed by atoms with E-state index < -0.39 is 10.9 Å². The summed E-state index contributed by atoms with van der Waals surface area (Å²) in [4.78, 5) is 22.8. The van der Waals surface area contributed by atoms with Crippen LogP contribution in [-0.2, 0) is 11.3 Å². The topological polar surface area (TPSA) is 74.4 Å². The maximum atomic E-state index is 12.4. The van der Waals surface area contributed by atoms with Gasteiger partial charge in [-0.05, 0) is 18.2 Å². The van der Waals surface area contributed by atoms with E-state index in [1.807, 2.05) is 53.1 Å². The van der Waals surface area contributed by atoms with Gasteiger partial charge < -0.3 is 9.30 Å². The molecule has 0 N–H and O–H groups in total. The van der Waals surface area contributed by atoms with Gasteiger partial charge in [-0.25, -0.2) is 4.79 Å². The van der Waals surface area contributed by atoms with Gasteiger partial charge in [0.2, 0.25) is 0 Å². The number of nitro groups is 1. The smallest absolute Gasteiger partial charge is 0.331 e. The molecule has 0 aliphatic rings. The summed E-state index contributed by atoms with van der Waals surface area (Å²) < 4.78 is 7.21. The Hall–Kier alpha value is -3.67. The molecular formula is C20H14N2O4. The summed E-state index contributed by atoms with van der Waals surface area (Å²) >= 11 is 0. The lowest BCUT2D eigenvalue weighted by Crippen LogP contribution is -2.16. The summed E-state index contributed by atoms with van der Waals surface area (Å²) in [7, 11) is 0. The Balaban J connectivity index is 1.67. The van der Waals surface area contributed by atoms with Crippen LogP contribution in [0, 0.1) is 10.1 Å². The number of carbonyl (C=O) groups excluding carboxylic acids is 1. The second-order valence-corrected chi connectivity index (χ2v) is 5.85. The van der Waals surface area contributed by atoms with E-state index in [2.05, 4.69) is 0 Å². The molecule has 3 aromatic carbocycles. The van der Waals surface area contributed by atoms with Crippen LogP contribution < -0.4 is 4.74 Å². The van der Waals surface area contributed by atoms with Gasteiger partial charge in [-0.3, -0.25) is 10.1 Å². The highest BCUT2D eigenvalue weighted by Crippen LogP contribution is 2.28. The lowest BCUT2D eigenvalue weighted by molar-refractivity contribution is -0.384. The Labute approximate surface area is 148 Å². The summed E-state index contributed by atoms with van der Waals surface area (Å²) in [5.74, 6) is -0.332. The van der Waals surface area contributed by atoms with Crippen molar-refractivity contribution in [3.05, 3.63) is 82.9 Å². The number of esters is 1. The number of rotatable bonds is 4. The molecule has 4 rings (SSSR count). The quantitative estimate of drug-likeness (QED) is 0.239. The van der Waals surface area contributed by atoms with Gasteiger partial charge in [-0.2, -0.15) is 0 Å². The predicted molar refractivity (Wildman–Crippen MR) is 98.2 cm³/mol. The first-order valence-electron chi connectivity index (χ1n) is 8.04. The maximum absolute atomic E-state index is 12.4. The number of para-hydroxylation sites is 2. The molecule has 4 aromatic rings. The minimum absolute atomic E-state index is 0.0106. The third-order valence-electron chi connectivity index (χ3n) is 4.23. The van der Waals surface area contributed by atoms with E-state index in [9.17, 15) is 14.9 Å². The van der Waals surface area contributed by atoms with Crippen LogP contribution in [0.25, 0.3) is 21.8 Å². The predicted octanol–water partition coefficient (Wildman–Crippen LogP) is 4.31. The third kappa shape index (κ3) is 2.77. The number of non-ortho nitro benzene ring substituents is 1. The first kappa shape index (κ1) is 15.8. The lowest BCUT2D eigenvalue weighted by Gasteiger charge is -2.08. The van der Waals surface area contributed by atoms with E-state index in [0.717, 1.165) is 21.8 Å². The zero-order chi connectivity index (χ0) is 18.1. The second kappa shape index (κ2) is 6.33. The van der Waals surface area contributed by atoms with Gasteiger partial charge in [-0.1, -0.05) is 42.5 Å². The zero-order valence-electron chi connectivity index (χ0n) is 13.7. The minimum Gasteiger partial charge on any atom is -0.425 e. The van der Waals surface area contributed by atoms with Crippen LogP contribution in [0.1, 0.15) is 0 Å². The summed E-state index contributed by atoms with van der Waals surface area (Å²) in [5.41, 5.74) is 1.75. The molecule has 1 heterocycles. The van der Waals surface area contributed by atoms with Gasteiger partial charge in [0.05, 0.1) is 11.0 Å². The fraction of sp³-hybridized carbons (Fsp3) is 0.0500. The van der Waals surface area contributed by atoms with E-state index in [1.54, 1.807) is 0 Å². The van der Waals surface area contributed by atoms with Crippen molar-refractivity contribution in [3.8, 4) is 5.75 Å². The number of carbonyl (C=O) groups is 1. The molecule has 0 spiro atoms. The molecule has 128 valence electrons. The molecule has 6 nitrogen and oxygen atoms in total. The largest absolute Gasteiger partial charge is 0.425 e. The van der Waals surface area contributed by atoms with Crippen LogP contribution in [0.4, 0.5) is 5.69 Å². The van der Waals surface area contributed by atoms with Gasteiger partial charge >= 0.3 is 5.97 Å². The van der Waals surface area contributed by atoms with Crippen LogP contribution in [-0.4, -0.2) is 15.5 Å². The highest BCUT2D eigenvalue weighted by Gasteiger charge is 2.15. The average molecular weight is 346 g/mol. The van der Waals surface area contributed by atoms with Crippen molar-refractivity contribution >= 4 is 33.5 Å². The molecule has 0 aliphatic heterocycles. The number of fused-ring (bicyclic) bond motifs is 3. The molecule has 6 heteroatoms. The van der Waals surface area contributed by atoms with Gasteiger partial charge in [0, 0.05) is 27.9 Å². The number of aromatic nitrogens is 1. The number of hydrogen-bond donors (Lipinski definition) is 0. The van der Waals surface area contributed by atoms with Crippen molar-refractivity contribution in [2.24, 2.45) is 0 Å². The fourth-order valence-electron chi connectivity index (χ4n) is 3.13. The maximum Gasteiger partial charge on any atom is 0.331 e.